The molecule has 0 aliphatic carbocycles. The number of hydrogen-bond donors (Lipinski definition) is 1. The van der Waals surface area contributed by atoms with Gasteiger partial charge in [-0.25, -0.2) is 0 Å². The van der Waals surface area contributed by atoms with E-state index >= 15 is 0 Å². The standard InChI is InChI=1S/C15H13ClO3/c16-12-4-2-1-3-11(12)15(17)10-5-6-13-14(9-10)19-8-7-18-13/h1-6,9,15,17H,7-8H2/t15-/m0/s1. The summed E-state index contributed by atoms with van der Waals surface area (Å²) in [5, 5.41) is 10.9. The molecule has 0 fully saturated rings. The van der Waals surface area contributed by atoms with Gasteiger partial charge in [0.15, 0.2) is 11.5 Å². The maximum atomic E-state index is 10.4. The largest absolute Gasteiger partial charge is 0.486 e. The van der Waals surface area contributed by atoms with Gasteiger partial charge in [0.2, 0.25) is 0 Å². The average Bonchev–Trinajstić information content (AvgIpc) is 2.46. The summed E-state index contributed by atoms with van der Waals surface area (Å²) in [6.07, 6.45) is -0.774. The maximum absolute atomic E-state index is 10.4. The fourth-order valence-corrected chi connectivity index (χ4v) is 2.35. The van der Waals surface area contributed by atoms with Gasteiger partial charge in [-0.1, -0.05) is 35.9 Å². The molecule has 1 aliphatic heterocycles. The smallest absolute Gasteiger partial charge is 0.161 e. The lowest BCUT2D eigenvalue weighted by Crippen LogP contribution is -2.15. The third kappa shape index (κ3) is 2.39. The molecule has 3 nitrogen and oxygen atoms in total. The average molecular weight is 277 g/mol. The predicted molar refractivity (Wildman–Crippen MR) is 72.9 cm³/mol. The van der Waals surface area contributed by atoms with E-state index in [0.29, 0.717) is 35.3 Å². The van der Waals surface area contributed by atoms with Crippen molar-refractivity contribution in [3.63, 3.8) is 0 Å². The summed E-state index contributed by atoms with van der Waals surface area (Å²) < 4.78 is 11.0. The Morgan fingerprint density at radius 2 is 1.74 bits per heavy atom. The molecule has 0 saturated heterocycles. The second-order valence-corrected chi connectivity index (χ2v) is 4.73. The number of halogens is 1. The monoisotopic (exact) mass is 276 g/mol. The normalized spacial score (nSPS) is 15.1. The van der Waals surface area contributed by atoms with Crippen molar-refractivity contribution in [2.75, 3.05) is 13.2 Å². The first-order chi connectivity index (χ1) is 9.25. The Kier molecular flexibility index (Phi) is 3.32. The molecule has 0 aromatic heterocycles. The molecule has 1 atom stereocenters. The fourth-order valence-electron chi connectivity index (χ4n) is 2.11. The van der Waals surface area contributed by atoms with Crippen molar-refractivity contribution < 1.29 is 14.6 Å². The van der Waals surface area contributed by atoms with Gasteiger partial charge in [-0.05, 0) is 23.8 Å². The SMILES string of the molecule is O[C@@H](c1ccc2c(c1)OCCO2)c1ccccc1Cl. The highest BCUT2D eigenvalue weighted by atomic mass is 35.5. The summed E-state index contributed by atoms with van der Waals surface area (Å²) in [5.74, 6) is 1.37. The van der Waals surface area contributed by atoms with E-state index in [1.807, 2.05) is 30.3 Å². The van der Waals surface area contributed by atoms with Gasteiger partial charge in [0.05, 0.1) is 0 Å². The third-order valence-corrected chi connectivity index (χ3v) is 3.43. The van der Waals surface area contributed by atoms with E-state index < -0.39 is 6.10 Å². The van der Waals surface area contributed by atoms with Gasteiger partial charge in [-0.3, -0.25) is 0 Å². The highest BCUT2D eigenvalue weighted by Crippen LogP contribution is 2.35. The Morgan fingerprint density at radius 1 is 1.00 bits per heavy atom. The lowest BCUT2D eigenvalue weighted by atomic mass is 10.0. The summed E-state index contributed by atoms with van der Waals surface area (Å²) in [5.41, 5.74) is 1.41. The Bertz CT molecular complexity index is 598. The second kappa shape index (κ2) is 5.11. The van der Waals surface area contributed by atoms with Crippen molar-refractivity contribution in [3.05, 3.63) is 58.6 Å². The van der Waals surface area contributed by atoms with Crippen LogP contribution in [0.4, 0.5) is 0 Å². The number of rotatable bonds is 2. The molecule has 4 heteroatoms. The molecule has 0 unspecified atom stereocenters. The minimum Gasteiger partial charge on any atom is -0.486 e. The van der Waals surface area contributed by atoms with E-state index in [0.717, 1.165) is 5.56 Å². The van der Waals surface area contributed by atoms with E-state index in [4.69, 9.17) is 21.1 Å². The number of benzene rings is 2. The second-order valence-electron chi connectivity index (χ2n) is 4.33. The predicted octanol–water partition coefficient (Wildman–Crippen LogP) is 3.19. The Morgan fingerprint density at radius 3 is 2.53 bits per heavy atom. The zero-order valence-corrected chi connectivity index (χ0v) is 10.9. The van der Waals surface area contributed by atoms with Crippen LogP contribution in [0.1, 0.15) is 17.2 Å². The topological polar surface area (TPSA) is 38.7 Å². The lowest BCUT2D eigenvalue weighted by Gasteiger charge is -2.20. The van der Waals surface area contributed by atoms with Crippen molar-refractivity contribution >= 4 is 11.6 Å². The Hall–Kier alpha value is -1.71. The van der Waals surface area contributed by atoms with Gasteiger partial charge in [-0.15, -0.1) is 0 Å². The molecular formula is C15H13ClO3. The fraction of sp³-hybridized carbons (Fsp3) is 0.200. The highest BCUT2D eigenvalue weighted by Gasteiger charge is 2.18. The van der Waals surface area contributed by atoms with Crippen molar-refractivity contribution in [3.8, 4) is 11.5 Å². The molecule has 0 amide bonds. The van der Waals surface area contributed by atoms with Gasteiger partial charge in [0.25, 0.3) is 0 Å². The van der Waals surface area contributed by atoms with E-state index in [2.05, 4.69) is 0 Å². The number of aliphatic hydroxyl groups is 1. The van der Waals surface area contributed by atoms with E-state index in [1.54, 1.807) is 12.1 Å². The quantitative estimate of drug-likeness (QED) is 0.915. The van der Waals surface area contributed by atoms with Crippen molar-refractivity contribution in [2.45, 2.75) is 6.10 Å². The van der Waals surface area contributed by atoms with Crippen LogP contribution in [0.5, 0.6) is 11.5 Å². The van der Waals surface area contributed by atoms with Gasteiger partial charge in [0.1, 0.15) is 19.3 Å². The van der Waals surface area contributed by atoms with Crippen LogP contribution in [-0.2, 0) is 0 Å². The van der Waals surface area contributed by atoms with Crippen LogP contribution in [0.15, 0.2) is 42.5 Å². The Balaban J connectivity index is 1.96. The molecule has 0 radical (unpaired) electrons. The lowest BCUT2D eigenvalue weighted by molar-refractivity contribution is 0.169. The molecule has 0 saturated carbocycles. The van der Waals surface area contributed by atoms with Crippen LogP contribution in [-0.4, -0.2) is 18.3 Å². The van der Waals surface area contributed by atoms with E-state index in [-0.39, 0.29) is 0 Å². The molecule has 2 aromatic rings. The number of aliphatic hydroxyl groups excluding tert-OH is 1. The Labute approximate surface area is 116 Å². The molecule has 1 N–H and O–H groups in total. The van der Waals surface area contributed by atoms with Crippen molar-refractivity contribution in [1.82, 2.24) is 0 Å². The first-order valence-electron chi connectivity index (χ1n) is 6.08. The minimum atomic E-state index is -0.774. The molecule has 1 heterocycles. The summed E-state index contributed by atoms with van der Waals surface area (Å²) in [6, 6.07) is 12.7. The van der Waals surface area contributed by atoms with Crippen LogP contribution >= 0.6 is 11.6 Å². The molecule has 1 aliphatic rings. The maximum Gasteiger partial charge on any atom is 0.161 e. The highest BCUT2D eigenvalue weighted by molar-refractivity contribution is 6.31. The van der Waals surface area contributed by atoms with Gasteiger partial charge < -0.3 is 14.6 Å². The number of hydrogen-bond acceptors (Lipinski definition) is 3. The first kappa shape index (κ1) is 12.3. The summed E-state index contributed by atoms with van der Waals surface area (Å²) in [7, 11) is 0. The molecule has 19 heavy (non-hydrogen) atoms. The van der Waals surface area contributed by atoms with Crippen LogP contribution in [0.2, 0.25) is 5.02 Å². The summed E-state index contributed by atoms with van der Waals surface area (Å²) in [4.78, 5) is 0. The van der Waals surface area contributed by atoms with Gasteiger partial charge >= 0.3 is 0 Å². The molecule has 0 spiro atoms. The number of ether oxygens (including phenoxy) is 2. The molecule has 2 aromatic carbocycles. The minimum absolute atomic E-state index is 0.526. The van der Waals surface area contributed by atoms with Crippen molar-refractivity contribution in [2.24, 2.45) is 0 Å². The molecular weight excluding hydrogens is 264 g/mol. The summed E-state index contributed by atoms with van der Waals surface area (Å²) in [6.45, 7) is 1.08. The zero-order valence-electron chi connectivity index (χ0n) is 10.2. The van der Waals surface area contributed by atoms with E-state index in [9.17, 15) is 5.11 Å². The molecule has 98 valence electrons. The van der Waals surface area contributed by atoms with Crippen LogP contribution in [0, 0.1) is 0 Å². The number of fused-ring (bicyclic) bond motifs is 1. The third-order valence-electron chi connectivity index (χ3n) is 3.08. The summed E-state index contributed by atoms with van der Waals surface area (Å²) >= 11 is 6.10. The van der Waals surface area contributed by atoms with E-state index in [1.165, 1.54) is 0 Å². The first-order valence-corrected chi connectivity index (χ1v) is 6.45. The van der Waals surface area contributed by atoms with Crippen LogP contribution in [0.3, 0.4) is 0 Å². The van der Waals surface area contributed by atoms with Crippen LogP contribution in [0.25, 0.3) is 0 Å². The van der Waals surface area contributed by atoms with Gasteiger partial charge in [-0.2, -0.15) is 0 Å². The van der Waals surface area contributed by atoms with Gasteiger partial charge in [0, 0.05) is 10.6 Å². The zero-order chi connectivity index (χ0) is 13.2. The van der Waals surface area contributed by atoms with Crippen LogP contribution < -0.4 is 9.47 Å². The van der Waals surface area contributed by atoms with Crippen molar-refractivity contribution in [1.29, 1.82) is 0 Å². The molecule has 3 rings (SSSR count). The molecule has 0 bridgehead atoms.